The SMILES string of the molecule is CCC1CN(S(=O)(=O)c2ccc3c(c2)NC(=O)CCS3)c2cc(Cl)ccc2O1. The highest BCUT2D eigenvalue weighted by Gasteiger charge is 2.34. The summed E-state index contributed by atoms with van der Waals surface area (Å²) in [5, 5.41) is 3.23. The lowest BCUT2D eigenvalue weighted by Crippen LogP contribution is -2.43. The molecule has 0 aromatic heterocycles. The van der Waals surface area contributed by atoms with Crippen LogP contribution in [0, 0.1) is 0 Å². The number of ether oxygens (including phenoxy) is 1. The monoisotopic (exact) mass is 438 g/mol. The first-order valence-corrected chi connectivity index (χ1v) is 11.7. The lowest BCUT2D eigenvalue weighted by molar-refractivity contribution is -0.115. The summed E-state index contributed by atoms with van der Waals surface area (Å²) >= 11 is 7.64. The number of hydrogen-bond acceptors (Lipinski definition) is 5. The number of rotatable bonds is 3. The average molecular weight is 439 g/mol. The Hall–Kier alpha value is -1.90. The number of halogens is 1. The molecule has 148 valence electrons. The van der Waals surface area contributed by atoms with Gasteiger partial charge in [-0.25, -0.2) is 8.42 Å². The highest BCUT2D eigenvalue weighted by atomic mass is 35.5. The van der Waals surface area contributed by atoms with Gasteiger partial charge in [0, 0.05) is 22.1 Å². The first kappa shape index (κ1) is 19.4. The van der Waals surface area contributed by atoms with E-state index >= 15 is 0 Å². The normalized spacial score (nSPS) is 19.1. The molecule has 0 spiro atoms. The number of nitrogens with zero attached hydrogens (tertiary/aromatic N) is 1. The Morgan fingerprint density at radius 2 is 2.11 bits per heavy atom. The molecular formula is C19H19ClN2O4S2. The molecule has 0 saturated heterocycles. The predicted octanol–water partition coefficient (Wildman–Crippen LogP) is 4.14. The van der Waals surface area contributed by atoms with Gasteiger partial charge in [-0.15, -0.1) is 11.8 Å². The van der Waals surface area contributed by atoms with Gasteiger partial charge in [-0.1, -0.05) is 18.5 Å². The summed E-state index contributed by atoms with van der Waals surface area (Å²) in [5.74, 6) is 1.04. The molecule has 2 aromatic carbocycles. The van der Waals surface area contributed by atoms with Gasteiger partial charge in [0.15, 0.2) is 0 Å². The third-order valence-corrected chi connectivity index (χ3v) is 7.79. The predicted molar refractivity (Wildman–Crippen MR) is 111 cm³/mol. The number of hydrogen-bond donors (Lipinski definition) is 1. The van der Waals surface area contributed by atoms with Crippen LogP contribution >= 0.6 is 23.4 Å². The number of amides is 1. The number of nitrogens with one attached hydrogen (secondary N) is 1. The summed E-state index contributed by atoms with van der Waals surface area (Å²) in [7, 11) is -3.86. The Labute approximate surface area is 173 Å². The fraction of sp³-hybridized carbons (Fsp3) is 0.316. The molecule has 4 rings (SSSR count). The second-order valence-electron chi connectivity index (χ2n) is 6.60. The van der Waals surface area contributed by atoms with Gasteiger partial charge in [-0.2, -0.15) is 0 Å². The minimum atomic E-state index is -3.86. The molecule has 0 saturated carbocycles. The van der Waals surface area contributed by atoms with Crippen molar-refractivity contribution in [3.63, 3.8) is 0 Å². The van der Waals surface area contributed by atoms with Crippen LogP contribution in [0.1, 0.15) is 19.8 Å². The van der Waals surface area contributed by atoms with Crippen LogP contribution < -0.4 is 14.4 Å². The molecule has 2 aliphatic rings. The topological polar surface area (TPSA) is 75.7 Å². The number of benzene rings is 2. The molecule has 28 heavy (non-hydrogen) atoms. The molecule has 2 aromatic rings. The molecule has 0 radical (unpaired) electrons. The number of anilines is 2. The van der Waals surface area contributed by atoms with Crippen LogP contribution in [0.25, 0.3) is 0 Å². The third kappa shape index (κ3) is 3.56. The van der Waals surface area contributed by atoms with E-state index in [1.54, 1.807) is 30.3 Å². The Balaban J connectivity index is 1.78. The van der Waals surface area contributed by atoms with Crippen molar-refractivity contribution in [2.24, 2.45) is 0 Å². The lowest BCUT2D eigenvalue weighted by Gasteiger charge is -2.35. The molecule has 6 nitrogen and oxygen atoms in total. The number of carbonyl (C=O) groups is 1. The molecule has 1 N–H and O–H groups in total. The van der Waals surface area contributed by atoms with Gasteiger partial charge < -0.3 is 10.1 Å². The van der Waals surface area contributed by atoms with E-state index in [0.29, 0.717) is 40.7 Å². The number of thioether (sulfide) groups is 1. The molecule has 9 heteroatoms. The second kappa shape index (κ2) is 7.50. The Kier molecular flexibility index (Phi) is 5.20. The minimum absolute atomic E-state index is 0.115. The van der Waals surface area contributed by atoms with Gasteiger partial charge in [0.05, 0.1) is 22.8 Å². The van der Waals surface area contributed by atoms with Crippen LogP contribution in [0.3, 0.4) is 0 Å². The zero-order chi connectivity index (χ0) is 19.9. The van der Waals surface area contributed by atoms with E-state index in [1.165, 1.54) is 22.1 Å². The standard InChI is InChI=1S/C19H19ClN2O4S2/c1-2-13-11-22(16-9-12(20)3-5-17(16)26-13)28(24,25)14-4-6-18-15(10-14)21-19(23)7-8-27-18/h3-6,9-10,13H,2,7-8,11H2,1H3,(H,21,23). The molecule has 0 aliphatic carbocycles. The molecule has 1 unspecified atom stereocenters. The maximum absolute atomic E-state index is 13.5. The lowest BCUT2D eigenvalue weighted by atomic mass is 10.2. The number of fused-ring (bicyclic) bond motifs is 2. The van der Waals surface area contributed by atoms with Crippen molar-refractivity contribution < 1.29 is 17.9 Å². The van der Waals surface area contributed by atoms with Crippen LogP contribution in [-0.2, 0) is 14.8 Å². The first-order chi connectivity index (χ1) is 13.4. The van der Waals surface area contributed by atoms with E-state index < -0.39 is 10.0 Å². The van der Waals surface area contributed by atoms with Crippen molar-refractivity contribution >= 4 is 50.7 Å². The van der Waals surface area contributed by atoms with Crippen LogP contribution in [0.2, 0.25) is 5.02 Å². The van der Waals surface area contributed by atoms with Gasteiger partial charge in [-0.3, -0.25) is 9.10 Å². The van der Waals surface area contributed by atoms with Gasteiger partial charge in [0.2, 0.25) is 5.91 Å². The minimum Gasteiger partial charge on any atom is -0.486 e. The van der Waals surface area contributed by atoms with Gasteiger partial charge >= 0.3 is 0 Å². The Morgan fingerprint density at radius 3 is 2.89 bits per heavy atom. The summed E-state index contributed by atoms with van der Waals surface area (Å²) < 4.78 is 34.2. The molecule has 1 amide bonds. The van der Waals surface area contributed by atoms with Crippen molar-refractivity contribution in [1.29, 1.82) is 0 Å². The van der Waals surface area contributed by atoms with E-state index in [-0.39, 0.29) is 23.5 Å². The third-order valence-electron chi connectivity index (χ3n) is 4.71. The van der Waals surface area contributed by atoms with Crippen molar-refractivity contribution in [1.82, 2.24) is 0 Å². The van der Waals surface area contributed by atoms with E-state index in [4.69, 9.17) is 16.3 Å². The van der Waals surface area contributed by atoms with Gasteiger partial charge in [-0.05, 0) is 42.8 Å². The van der Waals surface area contributed by atoms with Crippen LogP contribution in [0.15, 0.2) is 46.2 Å². The summed E-state index contributed by atoms with van der Waals surface area (Å²) in [4.78, 5) is 12.9. The second-order valence-corrected chi connectivity index (χ2v) is 10.0. The van der Waals surface area contributed by atoms with Crippen molar-refractivity contribution in [3.8, 4) is 5.75 Å². The first-order valence-electron chi connectivity index (χ1n) is 8.94. The maximum Gasteiger partial charge on any atom is 0.264 e. The maximum atomic E-state index is 13.5. The van der Waals surface area contributed by atoms with Crippen molar-refractivity contribution in [2.45, 2.75) is 35.7 Å². The number of sulfonamides is 1. The molecule has 0 fully saturated rings. The molecule has 0 bridgehead atoms. The smallest absolute Gasteiger partial charge is 0.264 e. The largest absolute Gasteiger partial charge is 0.486 e. The quantitative estimate of drug-likeness (QED) is 0.779. The van der Waals surface area contributed by atoms with Gasteiger partial charge in [0.1, 0.15) is 11.9 Å². The Morgan fingerprint density at radius 1 is 1.29 bits per heavy atom. The van der Waals surface area contributed by atoms with E-state index in [9.17, 15) is 13.2 Å². The average Bonchev–Trinajstić information content (AvgIpc) is 2.86. The van der Waals surface area contributed by atoms with Crippen molar-refractivity contribution in [3.05, 3.63) is 41.4 Å². The van der Waals surface area contributed by atoms with E-state index in [0.717, 1.165) is 4.90 Å². The van der Waals surface area contributed by atoms with Crippen LogP contribution in [0.5, 0.6) is 5.75 Å². The highest BCUT2D eigenvalue weighted by molar-refractivity contribution is 7.99. The summed E-state index contributed by atoms with van der Waals surface area (Å²) in [6.07, 6.45) is 0.819. The Bertz CT molecular complexity index is 1040. The zero-order valence-corrected chi connectivity index (χ0v) is 17.5. The summed E-state index contributed by atoms with van der Waals surface area (Å²) in [6.45, 7) is 2.15. The molecule has 1 atom stereocenters. The van der Waals surface area contributed by atoms with E-state index in [2.05, 4.69) is 5.32 Å². The fourth-order valence-electron chi connectivity index (χ4n) is 3.21. The van der Waals surface area contributed by atoms with Gasteiger partial charge in [0.25, 0.3) is 10.0 Å². The van der Waals surface area contributed by atoms with E-state index in [1.807, 2.05) is 6.92 Å². The zero-order valence-electron chi connectivity index (χ0n) is 15.1. The summed E-state index contributed by atoms with van der Waals surface area (Å²) in [5.41, 5.74) is 0.950. The molecular weight excluding hydrogens is 420 g/mol. The molecule has 2 aliphatic heterocycles. The van der Waals surface area contributed by atoms with Crippen LogP contribution in [0.4, 0.5) is 11.4 Å². The number of carbonyl (C=O) groups excluding carboxylic acids is 1. The van der Waals surface area contributed by atoms with Crippen LogP contribution in [-0.4, -0.2) is 32.7 Å². The summed E-state index contributed by atoms with van der Waals surface area (Å²) in [6, 6.07) is 9.82. The van der Waals surface area contributed by atoms with Crippen molar-refractivity contribution in [2.75, 3.05) is 21.9 Å². The fourth-order valence-corrected chi connectivity index (χ4v) is 5.84. The molecule has 2 heterocycles. The highest BCUT2D eigenvalue weighted by Crippen LogP contribution is 2.40.